The van der Waals surface area contributed by atoms with Crippen molar-refractivity contribution in [1.29, 1.82) is 0 Å². The number of likely N-dealkylation sites (tertiary alicyclic amines) is 1. The van der Waals surface area contributed by atoms with Crippen LogP contribution in [0.25, 0.3) is 0 Å². The minimum Gasteiger partial charge on any atom is -0.465 e. The molecule has 0 aromatic carbocycles. The van der Waals surface area contributed by atoms with Crippen LogP contribution in [0.15, 0.2) is 25.3 Å². The van der Waals surface area contributed by atoms with Crippen molar-refractivity contribution >= 4 is 17.8 Å². The molecule has 3 rings (SSSR count). The van der Waals surface area contributed by atoms with E-state index < -0.39 is 29.1 Å². The largest absolute Gasteiger partial charge is 0.465 e. The molecule has 1 N–H and O–H groups in total. The van der Waals surface area contributed by atoms with Gasteiger partial charge in [-0.15, -0.1) is 13.2 Å². The number of hydrogen-bond donors (Lipinski definition) is 1. The fourth-order valence-corrected chi connectivity index (χ4v) is 7.19. The number of aliphatic hydroxyl groups is 1. The van der Waals surface area contributed by atoms with E-state index in [1.165, 1.54) is 0 Å². The lowest BCUT2D eigenvalue weighted by molar-refractivity contribution is -0.162. The number of allylic oxidation sites excluding steroid dienone is 1. The van der Waals surface area contributed by atoms with Gasteiger partial charge >= 0.3 is 5.97 Å². The quantitative estimate of drug-likeness (QED) is 0.155. The van der Waals surface area contributed by atoms with Crippen LogP contribution in [0.1, 0.15) is 91.4 Å². The highest BCUT2D eigenvalue weighted by Crippen LogP contribution is 2.64. The molecule has 0 saturated carbocycles. The van der Waals surface area contributed by atoms with Gasteiger partial charge in [0.05, 0.1) is 18.1 Å². The van der Waals surface area contributed by atoms with Crippen LogP contribution >= 0.6 is 0 Å². The topological polar surface area (TPSA) is 96.4 Å². The van der Waals surface area contributed by atoms with Crippen LogP contribution in [0.2, 0.25) is 0 Å². The van der Waals surface area contributed by atoms with Crippen molar-refractivity contribution < 1.29 is 29.0 Å². The summed E-state index contributed by atoms with van der Waals surface area (Å²) in [5, 5.41) is 9.15. The first kappa shape index (κ1) is 31.3. The summed E-state index contributed by atoms with van der Waals surface area (Å²) in [6.07, 6.45) is 11.6. The van der Waals surface area contributed by atoms with Crippen LogP contribution in [-0.2, 0) is 23.9 Å². The molecule has 6 atom stereocenters. The summed E-state index contributed by atoms with van der Waals surface area (Å²) in [4.78, 5) is 45.8. The number of amides is 2. The zero-order valence-electron chi connectivity index (χ0n) is 24.4. The van der Waals surface area contributed by atoms with Crippen molar-refractivity contribution in [2.24, 2.45) is 11.8 Å². The lowest BCUT2D eigenvalue weighted by Gasteiger charge is -2.39. The van der Waals surface area contributed by atoms with Gasteiger partial charge in [-0.05, 0) is 58.3 Å². The Bertz CT molecular complexity index is 892. The van der Waals surface area contributed by atoms with E-state index in [9.17, 15) is 14.4 Å². The Labute approximate surface area is 234 Å². The molecule has 8 nitrogen and oxygen atoms in total. The molecule has 3 saturated heterocycles. The normalized spacial score (nSPS) is 29.8. The predicted molar refractivity (Wildman–Crippen MR) is 151 cm³/mol. The average molecular weight is 547 g/mol. The van der Waals surface area contributed by atoms with Crippen molar-refractivity contribution in [3.8, 4) is 0 Å². The molecule has 8 heteroatoms. The van der Waals surface area contributed by atoms with Gasteiger partial charge in [0.25, 0.3) is 0 Å². The third-order valence-electron chi connectivity index (χ3n) is 9.12. The molecule has 3 unspecified atom stereocenters. The Morgan fingerprint density at radius 3 is 2.56 bits per heavy atom. The van der Waals surface area contributed by atoms with E-state index in [1.54, 1.807) is 17.1 Å². The zero-order valence-corrected chi connectivity index (χ0v) is 24.4. The van der Waals surface area contributed by atoms with Gasteiger partial charge in [0.1, 0.15) is 17.6 Å². The predicted octanol–water partition coefficient (Wildman–Crippen LogP) is 4.41. The molecule has 0 aliphatic carbocycles. The molecule has 220 valence electrons. The molecule has 3 fully saturated rings. The maximum absolute atomic E-state index is 14.4. The Morgan fingerprint density at radius 2 is 1.92 bits per heavy atom. The molecule has 39 heavy (non-hydrogen) atoms. The second-order valence-electron chi connectivity index (χ2n) is 11.5. The Balaban J connectivity index is 1.98. The molecule has 2 amide bonds. The summed E-state index contributed by atoms with van der Waals surface area (Å²) < 4.78 is 12.5. The summed E-state index contributed by atoms with van der Waals surface area (Å²) in [5.41, 5.74) is -1.83. The maximum Gasteiger partial charge on any atom is 0.312 e. The number of carbonyl (C=O) groups is 3. The molecule has 0 aromatic rings. The Hall–Kier alpha value is -2.19. The summed E-state index contributed by atoms with van der Waals surface area (Å²) in [6.45, 7) is 15.0. The van der Waals surface area contributed by atoms with Crippen LogP contribution in [-0.4, -0.2) is 82.3 Å². The molecule has 3 heterocycles. The minimum atomic E-state index is -1.04. The summed E-state index contributed by atoms with van der Waals surface area (Å²) in [6, 6.07) is -0.791. The average Bonchev–Trinajstić information content (AvgIpc) is 3.53. The molecule has 3 aliphatic heterocycles. The van der Waals surface area contributed by atoms with Gasteiger partial charge < -0.3 is 24.4 Å². The first-order valence-corrected chi connectivity index (χ1v) is 15.1. The van der Waals surface area contributed by atoms with Crippen LogP contribution in [0, 0.1) is 11.8 Å². The number of unbranched alkanes of at least 4 members (excludes halogenated alkanes) is 4. The van der Waals surface area contributed by atoms with E-state index in [0.29, 0.717) is 45.2 Å². The summed E-state index contributed by atoms with van der Waals surface area (Å²) >= 11 is 0. The molecule has 0 radical (unpaired) electrons. The van der Waals surface area contributed by atoms with Crippen molar-refractivity contribution in [1.82, 2.24) is 9.80 Å². The van der Waals surface area contributed by atoms with Gasteiger partial charge in [-0.3, -0.25) is 14.4 Å². The highest BCUT2D eigenvalue weighted by molar-refractivity contribution is 5.98. The molecular weight excluding hydrogens is 496 g/mol. The fraction of sp³-hybridized carbons (Fsp3) is 0.774. The number of aliphatic hydroxyl groups excluding tert-OH is 1. The third kappa shape index (κ3) is 5.97. The van der Waals surface area contributed by atoms with Crippen molar-refractivity contribution in [2.45, 2.75) is 115 Å². The summed E-state index contributed by atoms with van der Waals surface area (Å²) in [7, 11) is 0. The standard InChI is InChI=1S/C31H50N2O6/c1-6-10-15-22-38-29(37)25-24-27(35)33(20-13-11-12-14-21-34)26(31(24)18-17-30(25,9-4)39-31)28(36)32(19-8-3)23(5)16-7-2/h6,8,23-26,34H,1,3,7,9-22H2,2,4-5H3/t23?,24-,25-,26?,30+,31?/m0/s1. The van der Waals surface area contributed by atoms with Crippen LogP contribution in [0.3, 0.4) is 0 Å². The Morgan fingerprint density at radius 1 is 1.18 bits per heavy atom. The minimum absolute atomic E-state index is 0.0122. The van der Waals surface area contributed by atoms with Gasteiger partial charge in [0, 0.05) is 25.7 Å². The van der Waals surface area contributed by atoms with E-state index in [4.69, 9.17) is 14.6 Å². The number of carbonyl (C=O) groups excluding carboxylic acids is 3. The van der Waals surface area contributed by atoms with Crippen molar-refractivity contribution in [2.75, 3.05) is 26.3 Å². The number of esters is 1. The number of fused-ring (bicyclic) bond motifs is 1. The fourth-order valence-electron chi connectivity index (χ4n) is 7.19. The summed E-state index contributed by atoms with van der Waals surface area (Å²) in [5.74, 6) is -2.12. The molecular formula is C31H50N2O6. The van der Waals surface area contributed by atoms with E-state index in [1.807, 2.05) is 18.7 Å². The van der Waals surface area contributed by atoms with E-state index in [2.05, 4.69) is 20.1 Å². The molecule has 3 aliphatic rings. The molecule has 0 aromatic heterocycles. The number of hydrogen-bond acceptors (Lipinski definition) is 6. The Kier molecular flexibility index (Phi) is 11.2. The first-order chi connectivity index (χ1) is 18.8. The number of rotatable bonds is 18. The van der Waals surface area contributed by atoms with Gasteiger partial charge in [0.15, 0.2) is 0 Å². The van der Waals surface area contributed by atoms with Gasteiger partial charge in [0.2, 0.25) is 11.8 Å². The monoisotopic (exact) mass is 546 g/mol. The van der Waals surface area contributed by atoms with E-state index in [0.717, 1.165) is 38.5 Å². The number of nitrogens with zero attached hydrogens (tertiary/aromatic N) is 2. The second kappa shape index (κ2) is 13.9. The lowest BCUT2D eigenvalue weighted by Crippen LogP contribution is -2.58. The third-order valence-corrected chi connectivity index (χ3v) is 9.12. The van der Waals surface area contributed by atoms with Crippen LogP contribution in [0.4, 0.5) is 0 Å². The van der Waals surface area contributed by atoms with Gasteiger partial charge in [-0.1, -0.05) is 45.3 Å². The lowest BCUT2D eigenvalue weighted by atomic mass is 9.65. The van der Waals surface area contributed by atoms with Crippen LogP contribution in [0.5, 0.6) is 0 Å². The zero-order chi connectivity index (χ0) is 28.6. The van der Waals surface area contributed by atoms with Crippen molar-refractivity contribution in [3.63, 3.8) is 0 Å². The van der Waals surface area contributed by atoms with Crippen molar-refractivity contribution in [3.05, 3.63) is 25.3 Å². The van der Waals surface area contributed by atoms with Gasteiger partial charge in [-0.2, -0.15) is 0 Å². The SMILES string of the molecule is C=CCCCOC(=O)[C@@H]1[C@H]2C(=O)N(CCCCCCO)C(C(=O)N(CC=C)C(C)CCC)C23CC[C@@]1(CC)O3. The smallest absolute Gasteiger partial charge is 0.312 e. The number of ether oxygens (including phenoxy) is 2. The van der Waals surface area contributed by atoms with E-state index in [-0.39, 0.29) is 37.0 Å². The van der Waals surface area contributed by atoms with Crippen LogP contribution < -0.4 is 0 Å². The van der Waals surface area contributed by atoms with Gasteiger partial charge in [-0.25, -0.2) is 0 Å². The highest BCUT2D eigenvalue weighted by Gasteiger charge is 2.79. The highest BCUT2D eigenvalue weighted by atomic mass is 16.6. The van der Waals surface area contributed by atoms with E-state index >= 15 is 0 Å². The molecule has 1 spiro atoms. The first-order valence-electron chi connectivity index (χ1n) is 15.1. The second-order valence-corrected chi connectivity index (χ2v) is 11.5. The molecule has 2 bridgehead atoms. The maximum atomic E-state index is 14.4.